The number of benzene rings is 1. The second-order valence-electron chi connectivity index (χ2n) is 7.98. The number of amides is 3. The molecule has 2 aromatic rings. The molecule has 1 aromatic heterocycles. The number of imide groups is 1. The summed E-state index contributed by atoms with van der Waals surface area (Å²) in [5.41, 5.74) is 1.21. The summed E-state index contributed by atoms with van der Waals surface area (Å²) >= 11 is 1.20. The number of urea groups is 1. The Labute approximate surface area is 198 Å². The normalized spacial score (nSPS) is 18.8. The van der Waals surface area contributed by atoms with Gasteiger partial charge in [-0.25, -0.2) is 18.2 Å². The largest absolute Gasteiger partial charge is 0.336 e. The summed E-state index contributed by atoms with van der Waals surface area (Å²) in [4.78, 5) is 32.0. The van der Waals surface area contributed by atoms with Crippen LogP contribution in [0.3, 0.4) is 0 Å². The molecule has 4 rings (SSSR count). The smallest absolute Gasteiger partial charge is 0.324 e. The van der Waals surface area contributed by atoms with Gasteiger partial charge in [0.1, 0.15) is 4.90 Å². The third kappa shape index (κ3) is 5.55. The van der Waals surface area contributed by atoms with E-state index in [0.29, 0.717) is 44.3 Å². The zero-order valence-corrected chi connectivity index (χ0v) is 20.0. The number of aromatic nitrogens is 1. The molecule has 11 heteroatoms. The van der Waals surface area contributed by atoms with E-state index in [1.54, 1.807) is 13.0 Å². The lowest BCUT2D eigenvalue weighted by Crippen LogP contribution is -2.48. The van der Waals surface area contributed by atoms with Gasteiger partial charge in [-0.05, 0) is 24.6 Å². The molecule has 2 aliphatic heterocycles. The van der Waals surface area contributed by atoms with E-state index in [4.69, 9.17) is 0 Å². The summed E-state index contributed by atoms with van der Waals surface area (Å²) in [5, 5.41) is 2.62. The van der Waals surface area contributed by atoms with Crippen LogP contribution in [0.1, 0.15) is 12.5 Å². The first kappa shape index (κ1) is 23.7. The number of hydrogen-bond donors (Lipinski definition) is 1. The molecule has 1 aromatic carbocycles. The van der Waals surface area contributed by atoms with E-state index < -0.39 is 15.3 Å². The third-order valence-corrected chi connectivity index (χ3v) is 8.62. The maximum Gasteiger partial charge on any atom is 0.324 e. The first-order valence-electron chi connectivity index (χ1n) is 10.8. The second kappa shape index (κ2) is 10.2. The van der Waals surface area contributed by atoms with Gasteiger partial charge >= 0.3 is 6.03 Å². The van der Waals surface area contributed by atoms with Crippen LogP contribution in [0.25, 0.3) is 0 Å². The standard InChI is InChI=1S/C22H27N5O4S2/c1-17(21(28)27-10-9-23-22(27)29)32-20-8-7-19(15-24-20)33(30,31)26-13-11-25(12-14-26)16-18-5-3-2-4-6-18/h2-8,15,17H,9-14,16H2,1H3,(H,23,29). The Hall–Kier alpha value is -2.47. The van der Waals surface area contributed by atoms with Crippen molar-refractivity contribution < 1.29 is 18.0 Å². The molecule has 1 N–H and O–H groups in total. The van der Waals surface area contributed by atoms with Crippen molar-refractivity contribution >= 4 is 33.7 Å². The van der Waals surface area contributed by atoms with E-state index >= 15 is 0 Å². The van der Waals surface area contributed by atoms with E-state index in [1.807, 2.05) is 18.2 Å². The molecular formula is C22H27N5O4S2. The van der Waals surface area contributed by atoms with Crippen LogP contribution in [-0.2, 0) is 21.4 Å². The fraction of sp³-hybridized carbons (Fsp3) is 0.409. The molecule has 0 radical (unpaired) electrons. The molecule has 176 valence electrons. The molecule has 0 aliphatic carbocycles. The lowest BCUT2D eigenvalue weighted by molar-refractivity contribution is -0.126. The molecule has 0 bridgehead atoms. The summed E-state index contributed by atoms with van der Waals surface area (Å²) in [6, 6.07) is 12.9. The highest BCUT2D eigenvalue weighted by Crippen LogP contribution is 2.25. The van der Waals surface area contributed by atoms with Crippen LogP contribution < -0.4 is 5.32 Å². The van der Waals surface area contributed by atoms with Crippen molar-refractivity contribution in [2.24, 2.45) is 0 Å². The summed E-state index contributed by atoms with van der Waals surface area (Å²) in [7, 11) is -3.63. The predicted octanol–water partition coefficient (Wildman–Crippen LogP) is 1.62. The lowest BCUT2D eigenvalue weighted by Gasteiger charge is -2.33. The highest BCUT2D eigenvalue weighted by Gasteiger charge is 2.31. The van der Waals surface area contributed by atoms with Crippen molar-refractivity contribution in [3.05, 3.63) is 54.2 Å². The Balaban J connectivity index is 1.33. The topological polar surface area (TPSA) is 103 Å². The Kier molecular flexibility index (Phi) is 7.32. The van der Waals surface area contributed by atoms with E-state index in [0.717, 1.165) is 6.54 Å². The number of rotatable bonds is 7. The average Bonchev–Trinajstić information content (AvgIpc) is 3.25. The van der Waals surface area contributed by atoms with Gasteiger partial charge in [-0.15, -0.1) is 0 Å². The predicted molar refractivity (Wildman–Crippen MR) is 125 cm³/mol. The number of thioether (sulfide) groups is 1. The Morgan fingerprint density at radius 3 is 2.42 bits per heavy atom. The van der Waals surface area contributed by atoms with Gasteiger partial charge in [-0.3, -0.25) is 14.6 Å². The van der Waals surface area contributed by atoms with Crippen molar-refractivity contribution in [3.63, 3.8) is 0 Å². The van der Waals surface area contributed by atoms with Gasteiger partial charge in [0.15, 0.2) is 0 Å². The molecule has 2 saturated heterocycles. The number of carbonyl (C=O) groups excluding carboxylic acids is 2. The zero-order valence-electron chi connectivity index (χ0n) is 18.4. The van der Waals surface area contributed by atoms with Crippen LogP contribution in [-0.4, -0.2) is 84.0 Å². The van der Waals surface area contributed by atoms with E-state index in [2.05, 4.69) is 27.3 Å². The van der Waals surface area contributed by atoms with Crippen molar-refractivity contribution in [1.82, 2.24) is 24.4 Å². The van der Waals surface area contributed by atoms with Crippen molar-refractivity contribution in [2.75, 3.05) is 39.3 Å². The highest BCUT2D eigenvalue weighted by atomic mass is 32.2. The number of carbonyl (C=O) groups is 2. The molecule has 2 fully saturated rings. The van der Waals surface area contributed by atoms with Gasteiger partial charge in [-0.2, -0.15) is 4.31 Å². The molecule has 0 saturated carbocycles. The van der Waals surface area contributed by atoms with Crippen molar-refractivity contribution in [3.8, 4) is 0 Å². The highest BCUT2D eigenvalue weighted by molar-refractivity contribution is 8.00. The number of sulfonamides is 1. The summed E-state index contributed by atoms with van der Waals surface area (Å²) in [5.74, 6) is -0.290. The quantitative estimate of drug-likeness (QED) is 0.590. The van der Waals surface area contributed by atoms with E-state index in [-0.39, 0.29) is 16.8 Å². The summed E-state index contributed by atoms with van der Waals surface area (Å²) < 4.78 is 27.6. The van der Waals surface area contributed by atoms with Crippen molar-refractivity contribution in [2.45, 2.75) is 28.6 Å². The van der Waals surface area contributed by atoms with Crippen LogP contribution in [0.4, 0.5) is 4.79 Å². The number of hydrogen-bond acceptors (Lipinski definition) is 7. The van der Waals surface area contributed by atoms with Crippen LogP contribution in [0.15, 0.2) is 58.6 Å². The van der Waals surface area contributed by atoms with Gasteiger partial charge < -0.3 is 5.32 Å². The van der Waals surface area contributed by atoms with E-state index in [1.165, 1.54) is 38.8 Å². The molecule has 3 amide bonds. The van der Waals surface area contributed by atoms with Crippen LogP contribution in [0.2, 0.25) is 0 Å². The summed E-state index contributed by atoms with van der Waals surface area (Å²) in [6.07, 6.45) is 1.34. The Morgan fingerprint density at radius 2 is 1.82 bits per heavy atom. The van der Waals surface area contributed by atoms with Gasteiger partial charge in [0.25, 0.3) is 0 Å². The SMILES string of the molecule is CC(Sc1ccc(S(=O)(=O)N2CCN(Cc3ccccc3)CC2)cn1)C(=O)N1CCNC1=O. The van der Waals surface area contributed by atoms with Crippen LogP contribution in [0, 0.1) is 0 Å². The molecule has 1 unspecified atom stereocenters. The lowest BCUT2D eigenvalue weighted by atomic mass is 10.2. The van der Waals surface area contributed by atoms with Gasteiger partial charge in [0.2, 0.25) is 15.9 Å². The number of nitrogens with zero attached hydrogens (tertiary/aromatic N) is 4. The number of pyridine rings is 1. The Bertz CT molecular complexity index is 1090. The van der Waals surface area contributed by atoms with Crippen LogP contribution in [0.5, 0.6) is 0 Å². The van der Waals surface area contributed by atoms with Gasteiger partial charge in [0, 0.05) is 52.0 Å². The molecule has 9 nitrogen and oxygen atoms in total. The monoisotopic (exact) mass is 489 g/mol. The minimum atomic E-state index is -3.63. The number of piperazine rings is 1. The molecule has 1 atom stereocenters. The first-order chi connectivity index (χ1) is 15.8. The maximum absolute atomic E-state index is 13.1. The van der Waals surface area contributed by atoms with Gasteiger partial charge in [0.05, 0.1) is 10.3 Å². The fourth-order valence-corrected chi connectivity index (χ4v) is 6.06. The maximum atomic E-state index is 13.1. The third-order valence-electron chi connectivity index (χ3n) is 5.70. The average molecular weight is 490 g/mol. The molecule has 33 heavy (non-hydrogen) atoms. The Morgan fingerprint density at radius 1 is 1.09 bits per heavy atom. The van der Waals surface area contributed by atoms with Crippen LogP contribution >= 0.6 is 11.8 Å². The summed E-state index contributed by atoms with van der Waals surface area (Å²) in [6.45, 7) is 5.50. The minimum Gasteiger partial charge on any atom is -0.336 e. The molecule has 2 aliphatic rings. The van der Waals surface area contributed by atoms with Crippen molar-refractivity contribution in [1.29, 1.82) is 0 Å². The molecular weight excluding hydrogens is 462 g/mol. The molecule has 0 spiro atoms. The zero-order chi connectivity index (χ0) is 23.4. The second-order valence-corrected chi connectivity index (χ2v) is 11.3. The van der Waals surface area contributed by atoms with E-state index in [9.17, 15) is 18.0 Å². The number of nitrogens with one attached hydrogen (secondary N) is 1. The minimum absolute atomic E-state index is 0.140. The molecule has 3 heterocycles. The fourth-order valence-electron chi connectivity index (χ4n) is 3.84. The van der Waals surface area contributed by atoms with Gasteiger partial charge in [-0.1, -0.05) is 42.1 Å². The first-order valence-corrected chi connectivity index (χ1v) is 13.1.